The molecule has 0 amide bonds. The van der Waals surface area contributed by atoms with E-state index in [1.165, 1.54) is 11.1 Å². The molecular weight excluding hydrogens is 177 g/mol. The summed E-state index contributed by atoms with van der Waals surface area (Å²) in [4.78, 5) is 0. The van der Waals surface area contributed by atoms with Crippen molar-refractivity contribution in [3.8, 4) is 0 Å². The lowest BCUT2D eigenvalue weighted by Crippen LogP contribution is -2.03. The number of hydrogen-bond donors (Lipinski definition) is 1. The Morgan fingerprint density at radius 3 is 2.50 bits per heavy atom. The van der Waals surface area contributed by atoms with Crippen LogP contribution in [-0.2, 0) is 6.42 Å². The van der Waals surface area contributed by atoms with Crippen LogP contribution in [0.25, 0.3) is 0 Å². The maximum atomic E-state index is 12.2. The minimum Gasteiger partial charge on any atom is -0.327 e. The third kappa shape index (κ3) is 3.30. The number of halogens is 1. The molecule has 0 aliphatic carbocycles. The van der Waals surface area contributed by atoms with Gasteiger partial charge in [-0.2, -0.15) is 0 Å². The zero-order chi connectivity index (χ0) is 10.4. The predicted molar refractivity (Wildman–Crippen MR) is 57.7 cm³/mol. The SMILES string of the molecule is Cc1ccc(CCC(=CF)CN)cc1. The summed E-state index contributed by atoms with van der Waals surface area (Å²) in [5, 5.41) is 0. The second kappa shape index (κ2) is 5.55. The van der Waals surface area contributed by atoms with Crippen molar-refractivity contribution in [3.63, 3.8) is 0 Å². The van der Waals surface area contributed by atoms with Gasteiger partial charge >= 0.3 is 0 Å². The first kappa shape index (κ1) is 10.9. The zero-order valence-electron chi connectivity index (χ0n) is 8.46. The smallest absolute Gasteiger partial charge is 0.0871 e. The lowest BCUT2D eigenvalue weighted by molar-refractivity contribution is 0.692. The molecule has 0 atom stereocenters. The molecular formula is C12H16FN. The fraction of sp³-hybridized carbons (Fsp3) is 0.333. The van der Waals surface area contributed by atoms with Crippen molar-refractivity contribution in [2.75, 3.05) is 6.54 Å². The molecule has 0 heterocycles. The second-order valence-electron chi connectivity index (χ2n) is 3.46. The highest BCUT2D eigenvalue weighted by Gasteiger charge is 1.97. The molecule has 0 aliphatic rings. The average Bonchev–Trinajstić information content (AvgIpc) is 2.22. The Morgan fingerprint density at radius 1 is 1.36 bits per heavy atom. The molecule has 2 heteroatoms. The van der Waals surface area contributed by atoms with Crippen LogP contribution >= 0.6 is 0 Å². The number of nitrogens with two attached hydrogens (primary N) is 1. The molecule has 2 N–H and O–H groups in total. The molecule has 0 aliphatic heterocycles. The van der Waals surface area contributed by atoms with Crippen molar-refractivity contribution in [1.82, 2.24) is 0 Å². The van der Waals surface area contributed by atoms with Crippen molar-refractivity contribution >= 4 is 0 Å². The van der Waals surface area contributed by atoms with Crippen molar-refractivity contribution in [2.45, 2.75) is 19.8 Å². The van der Waals surface area contributed by atoms with E-state index in [-0.39, 0.29) is 0 Å². The quantitative estimate of drug-likeness (QED) is 0.781. The van der Waals surface area contributed by atoms with Gasteiger partial charge in [0, 0.05) is 6.54 Å². The minimum absolute atomic E-state index is 0.308. The Kier molecular flexibility index (Phi) is 4.33. The summed E-state index contributed by atoms with van der Waals surface area (Å²) < 4.78 is 12.2. The van der Waals surface area contributed by atoms with Gasteiger partial charge in [-0.3, -0.25) is 0 Å². The number of benzene rings is 1. The van der Waals surface area contributed by atoms with Gasteiger partial charge in [0.05, 0.1) is 6.33 Å². The van der Waals surface area contributed by atoms with Gasteiger partial charge in [-0.25, -0.2) is 4.39 Å². The molecule has 0 aromatic heterocycles. The summed E-state index contributed by atoms with van der Waals surface area (Å²) in [7, 11) is 0. The van der Waals surface area contributed by atoms with E-state index in [0.717, 1.165) is 6.42 Å². The van der Waals surface area contributed by atoms with Gasteiger partial charge in [0.15, 0.2) is 0 Å². The summed E-state index contributed by atoms with van der Waals surface area (Å²) in [5.41, 5.74) is 8.50. The first-order valence-electron chi connectivity index (χ1n) is 4.80. The lowest BCUT2D eigenvalue weighted by Gasteiger charge is -2.03. The normalized spacial score (nSPS) is 11.8. The molecule has 14 heavy (non-hydrogen) atoms. The summed E-state index contributed by atoms with van der Waals surface area (Å²) in [6, 6.07) is 8.27. The van der Waals surface area contributed by atoms with E-state index in [0.29, 0.717) is 24.9 Å². The Labute approximate surface area is 84.4 Å². The van der Waals surface area contributed by atoms with Gasteiger partial charge in [-0.05, 0) is 30.9 Å². The molecule has 1 nitrogen and oxygen atoms in total. The first-order chi connectivity index (χ1) is 6.76. The molecule has 1 aromatic carbocycles. The standard InChI is InChI=1S/C12H16FN/c1-10-2-4-11(5-3-10)6-7-12(8-13)9-14/h2-5,8H,6-7,9,14H2,1H3. The van der Waals surface area contributed by atoms with Crippen molar-refractivity contribution in [1.29, 1.82) is 0 Å². The average molecular weight is 193 g/mol. The van der Waals surface area contributed by atoms with Crippen LogP contribution in [0, 0.1) is 6.92 Å². The molecule has 1 aromatic rings. The van der Waals surface area contributed by atoms with Crippen LogP contribution in [0.15, 0.2) is 36.2 Å². The van der Waals surface area contributed by atoms with E-state index in [4.69, 9.17) is 5.73 Å². The number of rotatable bonds is 4. The molecule has 0 saturated heterocycles. The van der Waals surface area contributed by atoms with E-state index < -0.39 is 0 Å². The third-order valence-electron chi connectivity index (χ3n) is 2.27. The predicted octanol–water partition coefficient (Wildman–Crippen LogP) is 2.74. The molecule has 0 bridgehead atoms. The Balaban J connectivity index is 2.49. The van der Waals surface area contributed by atoms with Crippen LogP contribution in [0.2, 0.25) is 0 Å². The van der Waals surface area contributed by atoms with E-state index in [1.54, 1.807) is 0 Å². The molecule has 0 radical (unpaired) electrons. The summed E-state index contributed by atoms with van der Waals surface area (Å²) >= 11 is 0. The van der Waals surface area contributed by atoms with Gasteiger partial charge in [0.25, 0.3) is 0 Å². The van der Waals surface area contributed by atoms with Gasteiger partial charge < -0.3 is 5.73 Å². The van der Waals surface area contributed by atoms with E-state index in [9.17, 15) is 4.39 Å². The molecule has 1 rings (SSSR count). The fourth-order valence-corrected chi connectivity index (χ4v) is 1.26. The van der Waals surface area contributed by atoms with Crippen LogP contribution in [0.1, 0.15) is 17.5 Å². The topological polar surface area (TPSA) is 26.0 Å². The van der Waals surface area contributed by atoms with Gasteiger partial charge in [-0.15, -0.1) is 0 Å². The fourth-order valence-electron chi connectivity index (χ4n) is 1.26. The maximum Gasteiger partial charge on any atom is 0.0871 e. The Bertz CT molecular complexity index is 301. The monoisotopic (exact) mass is 193 g/mol. The molecule has 0 unspecified atom stereocenters. The number of aryl methyl sites for hydroxylation is 2. The highest BCUT2D eigenvalue weighted by molar-refractivity contribution is 5.22. The maximum absolute atomic E-state index is 12.2. The van der Waals surface area contributed by atoms with Gasteiger partial charge in [-0.1, -0.05) is 29.8 Å². The highest BCUT2D eigenvalue weighted by Crippen LogP contribution is 2.09. The van der Waals surface area contributed by atoms with Crippen LogP contribution in [0.5, 0.6) is 0 Å². The van der Waals surface area contributed by atoms with E-state index >= 15 is 0 Å². The van der Waals surface area contributed by atoms with Crippen LogP contribution in [-0.4, -0.2) is 6.54 Å². The molecule has 0 spiro atoms. The van der Waals surface area contributed by atoms with Crippen LogP contribution in [0.3, 0.4) is 0 Å². The minimum atomic E-state index is 0.308. The van der Waals surface area contributed by atoms with Crippen molar-refractivity contribution < 1.29 is 4.39 Å². The highest BCUT2D eigenvalue weighted by atomic mass is 19.1. The second-order valence-corrected chi connectivity index (χ2v) is 3.46. The lowest BCUT2D eigenvalue weighted by atomic mass is 10.0. The number of hydrogen-bond acceptors (Lipinski definition) is 1. The summed E-state index contributed by atoms with van der Waals surface area (Å²) in [6.07, 6.45) is 2.18. The molecule has 0 fully saturated rings. The zero-order valence-corrected chi connectivity index (χ0v) is 8.46. The van der Waals surface area contributed by atoms with Gasteiger partial charge in [0.1, 0.15) is 0 Å². The first-order valence-corrected chi connectivity index (χ1v) is 4.80. The van der Waals surface area contributed by atoms with Crippen LogP contribution in [0.4, 0.5) is 4.39 Å². The summed E-state index contributed by atoms with van der Waals surface area (Å²) in [5.74, 6) is 0. The van der Waals surface area contributed by atoms with Crippen molar-refractivity contribution in [2.24, 2.45) is 5.73 Å². The molecule has 76 valence electrons. The Morgan fingerprint density at radius 2 is 2.00 bits per heavy atom. The van der Waals surface area contributed by atoms with Gasteiger partial charge in [0.2, 0.25) is 0 Å². The third-order valence-corrected chi connectivity index (χ3v) is 2.27. The Hall–Kier alpha value is -1.15. The van der Waals surface area contributed by atoms with Crippen molar-refractivity contribution in [3.05, 3.63) is 47.3 Å². The molecule has 0 saturated carbocycles. The van der Waals surface area contributed by atoms with Crippen LogP contribution < -0.4 is 5.73 Å². The summed E-state index contributed by atoms with van der Waals surface area (Å²) in [6.45, 7) is 2.36. The largest absolute Gasteiger partial charge is 0.327 e. The van der Waals surface area contributed by atoms with E-state index in [2.05, 4.69) is 31.2 Å². The van der Waals surface area contributed by atoms with E-state index in [1.807, 2.05) is 0 Å².